The van der Waals surface area contributed by atoms with Crippen LogP contribution in [0.15, 0.2) is 0 Å². The smallest absolute Gasteiger partial charge is 0.328 e. The number of amides is 2. The number of terminal acetylenes is 1. The SMILES string of the molecule is C#CC(C)NC(=O)N[C@H](CO)C(=O)O. The van der Waals surface area contributed by atoms with Crippen LogP contribution in [0.4, 0.5) is 4.79 Å². The second-order valence-electron chi connectivity index (χ2n) is 2.58. The summed E-state index contributed by atoms with van der Waals surface area (Å²) in [7, 11) is 0. The quantitative estimate of drug-likeness (QED) is 0.426. The van der Waals surface area contributed by atoms with E-state index in [1.807, 2.05) is 5.32 Å². The van der Waals surface area contributed by atoms with Crippen molar-refractivity contribution in [3.05, 3.63) is 0 Å². The van der Waals surface area contributed by atoms with Gasteiger partial charge in [0, 0.05) is 0 Å². The average molecular weight is 200 g/mol. The van der Waals surface area contributed by atoms with Crippen molar-refractivity contribution in [3.63, 3.8) is 0 Å². The van der Waals surface area contributed by atoms with Crippen molar-refractivity contribution in [2.75, 3.05) is 6.61 Å². The zero-order chi connectivity index (χ0) is 11.1. The molecule has 78 valence electrons. The third-order valence-electron chi connectivity index (χ3n) is 1.38. The lowest BCUT2D eigenvalue weighted by Crippen LogP contribution is -2.49. The van der Waals surface area contributed by atoms with Gasteiger partial charge in [0.2, 0.25) is 0 Å². The monoisotopic (exact) mass is 200 g/mol. The number of aliphatic hydroxyl groups excluding tert-OH is 1. The predicted molar refractivity (Wildman–Crippen MR) is 48.5 cm³/mol. The fraction of sp³-hybridized carbons (Fsp3) is 0.500. The molecule has 14 heavy (non-hydrogen) atoms. The molecule has 0 aromatic heterocycles. The summed E-state index contributed by atoms with van der Waals surface area (Å²) in [5.41, 5.74) is 0. The molecule has 0 aliphatic heterocycles. The Hall–Kier alpha value is -1.74. The van der Waals surface area contributed by atoms with Crippen LogP contribution >= 0.6 is 0 Å². The van der Waals surface area contributed by atoms with Gasteiger partial charge in [-0.05, 0) is 6.92 Å². The molecule has 0 bridgehead atoms. The molecule has 0 fully saturated rings. The molecule has 6 heteroatoms. The predicted octanol–water partition coefficient (Wildman–Crippen LogP) is -1.25. The molecule has 0 aromatic rings. The Morgan fingerprint density at radius 2 is 2.07 bits per heavy atom. The van der Waals surface area contributed by atoms with Crippen LogP contribution in [0.1, 0.15) is 6.92 Å². The number of aliphatic hydroxyl groups is 1. The summed E-state index contributed by atoms with van der Waals surface area (Å²) in [6, 6.07) is -2.54. The number of carbonyl (C=O) groups is 2. The van der Waals surface area contributed by atoms with Gasteiger partial charge in [-0.25, -0.2) is 9.59 Å². The van der Waals surface area contributed by atoms with Crippen molar-refractivity contribution < 1.29 is 19.8 Å². The highest BCUT2D eigenvalue weighted by atomic mass is 16.4. The number of carboxylic acids is 1. The molecule has 0 radical (unpaired) electrons. The first kappa shape index (κ1) is 12.3. The van der Waals surface area contributed by atoms with E-state index in [4.69, 9.17) is 16.6 Å². The van der Waals surface area contributed by atoms with Crippen LogP contribution in [0.25, 0.3) is 0 Å². The Morgan fingerprint density at radius 3 is 2.43 bits per heavy atom. The van der Waals surface area contributed by atoms with Crippen molar-refractivity contribution >= 4 is 12.0 Å². The molecule has 0 aromatic carbocycles. The second kappa shape index (κ2) is 5.83. The number of carbonyl (C=O) groups excluding carboxylic acids is 1. The third kappa shape index (κ3) is 4.33. The highest BCUT2D eigenvalue weighted by Crippen LogP contribution is 1.83. The number of nitrogens with one attached hydrogen (secondary N) is 2. The summed E-state index contributed by atoms with van der Waals surface area (Å²) in [6.07, 6.45) is 4.99. The summed E-state index contributed by atoms with van der Waals surface area (Å²) < 4.78 is 0. The van der Waals surface area contributed by atoms with Crippen molar-refractivity contribution in [3.8, 4) is 12.3 Å². The van der Waals surface area contributed by atoms with Gasteiger partial charge in [0.25, 0.3) is 0 Å². The molecule has 4 N–H and O–H groups in total. The molecule has 0 heterocycles. The number of urea groups is 1. The standard InChI is InChI=1S/C8H12N2O4/c1-3-5(2)9-8(14)10-6(4-11)7(12)13/h1,5-6,11H,4H2,2H3,(H,12,13)(H2,9,10,14)/t5?,6-/m1/s1. The van der Waals surface area contributed by atoms with Crippen molar-refractivity contribution in [2.45, 2.75) is 19.0 Å². The first-order valence-electron chi connectivity index (χ1n) is 3.88. The molecule has 0 aliphatic carbocycles. The Kier molecular flexibility index (Phi) is 5.10. The van der Waals surface area contributed by atoms with E-state index >= 15 is 0 Å². The number of carboxylic acid groups (broad SMARTS) is 1. The largest absolute Gasteiger partial charge is 0.480 e. The second-order valence-corrected chi connectivity index (χ2v) is 2.58. The number of rotatable bonds is 4. The number of hydrogen-bond donors (Lipinski definition) is 4. The lowest BCUT2D eigenvalue weighted by Gasteiger charge is -2.13. The van der Waals surface area contributed by atoms with Gasteiger partial charge in [0.15, 0.2) is 6.04 Å². The summed E-state index contributed by atoms with van der Waals surface area (Å²) in [5.74, 6) is 0.925. The van der Waals surface area contributed by atoms with Crippen LogP contribution in [0.5, 0.6) is 0 Å². The normalized spacial score (nSPS) is 13.5. The first-order valence-corrected chi connectivity index (χ1v) is 3.88. The van der Waals surface area contributed by atoms with E-state index in [-0.39, 0.29) is 0 Å². The number of hydrogen-bond acceptors (Lipinski definition) is 3. The maximum atomic E-state index is 11.0. The first-order chi connectivity index (χ1) is 6.51. The van der Waals surface area contributed by atoms with Crippen molar-refractivity contribution in [1.82, 2.24) is 10.6 Å². The van der Waals surface area contributed by atoms with Gasteiger partial charge in [0.05, 0.1) is 12.6 Å². The molecular weight excluding hydrogens is 188 g/mol. The molecule has 6 nitrogen and oxygen atoms in total. The van der Waals surface area contributed by atoms with Gasteiger partial charge in [-0.3, -0.25) is 0 Å². The van der Waals surface area contributed by atoms with Gasteiger partial charge in [-0.2, -0.15) is 0 Å². The molecule has 2 atom stereocenters. The van der Waals surface area contributed by atoms with E-state index in [1.54, 1.807) is 6.92 Å². The summed E-state index contributed by atoms with van der Waals surface area (Å²) >= 11 is 0. The van der Waals surface area contributed by atoms with Gasteiger partial charge in [-0.1, -0.05) is 5.92 Å². The number of aliphatic carboxylic acids is 1. The molecule has 0 saturated carbocycles. The Bertz CT molecular complexity index is 259. The zero-order valence-corrected chi connectivity index (χ0v) is 7.65. The minimum atomic E-state index is -1.32. The summed E-state index contributed by atoms with van der Waals surface area (Å²) in [4.78, 5) is 21.4. The van der Waals surface area contributed by atoms with Gasteiger partial charge in [-0.15, -0.1) is 6.42 Å². The summed E-state index contributed by atoms with van der Waals surface area (Å²) in [5, 5.41) is 21.4. The van der Waals surface area contributed by atoms with Crippen molar-refractivity contribution in [1.29, 1.82) is 0 Å². The topological polar surface area (TPSA) is 98.7 Å². The highest BCUT2D eigenvalue weighted by molar-refractivity contribution is 5.82. The molecule has 0 saturated heterocycles. The average Bonchev–Trinajstić information content (AvgIpc) is 2.13. The molecule has 2 amide bonds. The van der Waals surface area contributed by atoms with Gasteiger partial charge < -0.3 is 20.8 Å². The van der Waals surface area contributed by atoms with Crippen LogP contribution in [0.2, 0.25) is 0 Å². The van der Waals surface area contributed by atoms with E-state index in [2.05, 4.69) is 11.2 Å². The van der Waals surface area contributed by atoms with Gasteiger partial charge >= 0.3 is 12.0 Å². The van der Waals surface area contributed by atoms with E-state index in [9.17, 15) is 9.59 Å². The van der Waals surface area contributed by atoms with E-state index in [1.165, 1.54) is 0 Å². The zero-order valence-electron chi connectivity index (χ0n) is 7.65. The highest BCUT2D eigenvalue weighted by Gasteiger charge is 2.18. The molecular formula is C8H12N2O4. The maximum absolute atomic E-state index is 11.0. The van der Waals surface area contributed by atoms with Crippen molar-refractivity contribution in [2.24, 2.45) is 0 Å². The van der Waals surface area contributed by atoms with Crippen LogP contribution in [-0.2, 0) is 4.79 Å². The fourth-order valence-electron chi connectivity index (χ4n) is 0.624. The lowest BCUT2D eigenvalue weighted by atomic mass is 10.3. The Balaban J connectivity index is 4.05. The van der Waals surface area contributed by atoms with E-state index in [0.29, 0.717) is 0 Å². The van der Waals surface area contributed by atoms with E-state index in [0.717, 1.165) is 0 Å². The Labute approximate surface area is 81.3 Å². The third-order valence-corrected chi connectivity index (χ3v) is 1.38. The lowest BCUT2D eigenvalue weighted by molar-refractivity contribution is -0.140. The fourth-order valence-corrected chi connectivity index (χ4v) is 0.624. The maximum Gasteiger partial charge on any atom is 0.328 e. The molecule has 0 aliphatic rings. The summed E-state index contributed by atoms with van der Waals surface area (Å²) in [6.45, 7) is 0.890. The minimum Gasteiger partial charge on any atom is -0.480 e. The Morgan fingerprint density at radius 1 is 1.50 bits per heavy atom. The van der Waals surface area contributed by atoms with Crippen LogP contribution in [0, 0.1) is 12.3 Å². The van der Waals surface area contributed by atoms with Crippen LogP contribution in [0.3, 0.4) is 0 Å². The van der Waals surface area contributed by atoms with Gasteiger partial charge in [0.1, 0.15) is 0 Å². The van der Waals surface area contributed by atoms with Crippen LogP contribution in [-0.4, -0.2) is 40.9 Å². The minimum absolute atomic E-state index is 0.497. The molecule has 1 unspecified atom stereocenters. The van der Waals surface area contributed by atoms with Crippen LogP contribution < -0.4 is 10.6 Å². The van der Waals surface area contributed by atoms with E-state index < -0.39 is 30.7 Å². The molecule has 0 rings (SSSR count). The molecule has 0 spiro atoms.